The van der Waals surface area contributed by atoms with Crippen LogP contribution in [0.3, 0.4) is 0 Å². The molecule has 2 unspecified atom stereocenters. The van der Waals surface area contributed by atoms with Crippen LogP contribution in [-0.4, -0.2) is 40.2 Å². The van der Waals surface area contributed by atoms with Crippen molar-refractivity contribution in [2.24, 2.45) is 0 Å². The van der Waals surface area contributed by atoms with Gasteiger partial charge < -0.3 is 9.64 Å². The molecule has 2 atom stereocenters. The third kappa shape index (κ3) is 2.23. The fourth-order valence-electron chi connectivity index (χ4n) is 2.87. The molecular weight excluding hydrogens is 272 g/mol. The van der Waals surface area contributed by atoms with Gasteiger partial charge in [0.05, 0.1) is 23.7 Å². The number of ether oxygens (including phenoxy) is 1. The van der Waals surface area contributed by atoms with E-state index in [1.165, 1.54) is 6.20 Å². The fourth-order valence-corrected chi connectivity index (χ4v) is 3.00. The van der Waals surface area contributed by atoms with Gasteiger partial charge in [0.2, 0.25) is 11.1 Å². The third-order valence-corrected chi connectivity index (χ3v) is 3.85. The summed E-state index contributed by atoms with van der Waals surface area (Å²) in [4.78, 5) is 20.3. The Bertz CT molecular complexity index is 513. The number of nitrogens with zero attached hydrogens (tertiary/aromatic N) is 4. The summed E-state index contributed by atoms with van der Waals surface area (Å²) in [6.45, 7) is 1.15. The van der Waals surface area contributed by atoms with Crippen LogP contribution in [0.25, 0.3) is 0 Å². The van der Waals surface area contributed by atoms with E-state index in [9.17, 15) is 10.1 Å². The first-order chi connectivity index (χ1) is 9.16. The van der Waals surface area contributed by atoms with Crippen LogP contribution < -0.4 is 4.90 Å². The molecule has 0 radical (unpaired) electrons. The number of anilines is 1. The lowest BCUT2D eigenvalue weighted by atomic mass is 10.1. The van der Waals surface area contributed by atoms with Crippen molar-refractivity contribution >= 4 is 23.1 Å². The van der Waals surface area contributed by atoms with E-state index >= 15 is 0 Å². The van der Waals surface area contributed by atoms with E-state index in [0.29, 0.717) is 19.0 Å². The monoisotopic (exact) mass is 284 g/mol. The first kappa shape index (κ1) is 12.6. The van der Waals surface area contributed by atoms with Crippen LogP contribution in [0.4, 0.5) is 11.5 Å². The van der Waals surface area contributed by atoms with Gasteiger partial charge in [0.1, 0.15) is 6.20 Å². The van der Waals surface area contributed by atoms with Crippen molar-refractivity contribution < 1.29 is 9.66 Å². The van der Waals surface area contributed by atoms with Gasteiger partial charge in [-0.15, -0.1) is 0 Å². The molecule has 19 heavy (non-hydrogen) atoms. The second-order valence-corrected chi connectivity index (χ2v) is 5.04. The molecule has 1 aromatic rings. The zero-order valence-electron chi connectivity index (χ0n) is 10.2. The third-order valence-electron chi connectivity index (χ3n) is 3.67. The van der Waals surface area contributed by atoms with Gasteiger partial charge in [-0.3, -0.25) is 10.1 Å². The Morgan fingerprint density at radius 1 is 1.53 bits per heavy atom. The van der Waals surface area contributed by atoms with Gasteiger partial charge in [-0.2, -0.15) is 4.98 Å². The summed E-state index contributed by atoms with van der Waals surface area (Å²) in [5.74, 6) is 0.310. The minimum atomic E-state index is -0.467. The summed E-state index contributed by atoms with van der Waals surface area (Å²) in [6, 6.07) is 0.151. The van der Waals surface area contributed by atoms with E-state index in [4.69, 9.17) is 16.3 Å². The van der Waals surface area contributed by atoms with Crippen molar-refractivity contribution in [1.82, 2.24) is 9.97 Å². The second kappa shape index (κ2) is 4.90. The van der Waals surface area contributed by atoms with Crippen molar-refractivity contribution in [3.8, 4) is 0 Å². The molecule has 2 aliphatic rings. The maximum absolute atomic E-state index is 11.1. The number of aromatic nitrogens is 2. The average Bonchev–Trinajstić information content (AvgIpc) is 2.86. The van der Waals surface area contributed by atoms with E-state index in [1.807, 2.05) is 4.90 Å². The van der Waals surface area contributed by atoms with Gasteiger partial charge in [-0.05, 0) is 30.9 Å². The largest absolute Gasteiger partial charge is 0.374 e. The molecule has 2 fully saturated rings. The van der Waals surface area contributed by atoms with Crippen LogP contribution in [0, 0.1) is 10.1 Å². The normalized spacial score (nSPS) is 26.3. The van der Waals surface area contributed by atoms with Gasteiger partial charge in [-0.1, -0.05) is 0 Å². The number of halogens is 1. The summed E-state index contributed by atoms with van der Waals surface area (Å²) >= 11 is 5.78. The quantitative estimate of drug-likeness (QED) is 0.468. The Morgan fingerprint density at radius 2 is 2.37 bits per heavy atom. The number of rotatable bonds is 2. The highest BCUT2D eigenvalue weighted by atomic mass is 35.5. The van der Waals surface area contributed by atoms with Crippen LogP contribution >= 0.6 is 11.6 Å². The molecule has 0 amide bonds. The summed E-state index contributed by atoms with van der Waals surface area (Å²) in [7, 11) is 0. The lowest BCUT2D eigenvalue weighted by Crippen LogP contribution is -2.49. The highest BCUT2D eigenvalue weighted by molar-refractivity contribution is 6.28. The lowest BCUT2D eigenvalue weighted by Gasteiger charge is -2.37. The summed E-state index contributed by atoms with van der Waals surface area (Å²) < 4.78 is 5.70. The molecule has 1 aliphatic heterocycles. The predicted molar refractivity (Wildman–Crippen MR) is 68.4 cm³/mol. The summed E-state index contributed by atoms with van der Waals surface area (Å²) in [5, 5.41) is 11.1. The molecule has 102 valence electrons. The first-order valence-electron chi connectivity index (χ1n) is 6.22. The summed E-state index contributed by atoms with van der Waals surface area (Å²) in [6.07, 6.45) is 4.34. The van der Waals surface area contributed by atoms with Crippen molar-refractivity contribution in [3.05, 3.63) is 21.6 Å². The Morgan fingerprint density at radius 3 is 3.16 bits per heavy atom. The number of nitro groups is 1. The lowest BCUT2D eigenvalue weighted by molar-refractivity contribution is -0.384. The Balaban J connectivity index is 2.00. The zero-order chi connectivity index (χ0) is 13.4. The van der Waals surface area contributed by atoms with Crippen molar-refractivity contribution in [3.63, 3.8) is 0 Å². The van der Waals surface area contributed by atoms with Crippen molar-refractivity contribution in [2.45, 2.75) is 31.4 Å². The smallest absolute Gasteiger partial charge is 0.329 e. The standard InChI is InChI=1S/C11H13ClN4O3/c12-11-13-6-8(16(17)18)10(14-11)15-4-5-19-9-3-1-2-7(9)15/h6-7,9H,1-5H2. The molecule has 1 saturated carbocycles. The number of fused-ring (bicyclic) bond motifs is 1. The molecular formula is C11H13ClN4O3. The predicted octanol–water partition coefficient (Wildman–Crippen LogP) is 1.80. The fraction of sp³-hybridized carbons (Fsp3) is 0.636. The van der Waals surface area contributed by atoms with Crippen LogP contribution in [0.1, 0.15) is 19.3 Å². The van der Waals surface area contributed by atoms with E-state index in [2.05, 4.69) is 9.97 Å². The van der Waals surface area contributed by atoms with Crippen molar-refractivity contribution in [1.29, 1.82) is 0 Å². The molecule has 2 heterocycles. The minimum absolute atomic E-state index is 0.0293. The molecule has 0 bridgehead atoms. The van der Waals surface area contributed by atoms with Crippen LogP contribution in [-0.2, 0) is 4.74 Å². The van der Waals surface area contributed by atoms with Gasteiger partial charge in [0, 0.05) is 6.54 Å². The molecule has 0 aromatic carbocycles. The zero-order valence-corrected chi connectivity index (χ0v) is 10.9. The molecule has 3 rings (SSSR count). The number of hydrogen-bond acceptors (Lipinski definition) is 6. The van der Waals surface area contributed by atoms with E-state index in [-0.39, 0.29) is 23.1 Å². The maximum atomic E-state index is 11.1. The first-order valence-corrected chi connectivity index (χ1v) is 6.60. The Hall–Kier alpha value is -1.47. The van der Waals surface area contributed by atoms with Gasteiger partial charge in [0.15, 0.2) is 0 Å². The Labute approximate surface area is 114 Å². The maximum Gasteiger partial charge on any atom is 0.329 e. The molecule has 8 heteroatoms. The molecule has 1 saturated heterocycles. The minimum Gasteiger partial charge on any atom is -0.374 e. The molecule has 1 aromatic heterocycles. The van der Waals surface area contributed by atoms with Crippen LogP contribution in [0.2, 0.25) is 5.28 Å². The SMILES string of the molecule is O=[N+]([O-])c1cnc(Cl)nc1N1CCOC2CCCC21. The van der Waals surface area contributed by atoms with Gasteiger partial charge in [0.25, 0.3) is 0 Å². The second-order valence-electron chi connectivity index (χ2n) is 4.71. The molecule has 7 nitrogen and oxygen atoms in total. The van der Waals surface area contributed by atoms with Gasteiger partial charge >= 0.3 is 5.69 Å². The Kier molecular flexibility index (Phi) is 3.24. The molecule has 0 spiro atoms. The van der Waals surface area contributed by atoms with E-state index < -0.39 is 4.92 Å². The van der Waals surface area contributed by atoms with Crippen molar-refractivity contribution in [2.75, 3.05) is 18.1 Å². The number of hydrogen-bond donors (Lipinski definition) is 0. The van der Waals surface area contributed by atoms with E-state index in [0.717, 1.165) is 19.3 Å². The highest BCUT2D eigenvalue weighted by Crippen LogP contribution is 2.36. The van der Waals surface area contributed by atoms with Gasteiger partial charge in [-0.25, -0.2) is 4.98 Å². The summed E-state index contributed by atoms with van der Waals surface area (Å²) in [5.41, 5.74) is -0.100. The molecule has 0 N–H and O–H groups in total. The topological polar surface area (TPSA) is 81.4 Å². The highest BCUT2D eigenvalue weighted by Gasteiger charge is 2.39. The average molecular weight is 285 g/mol. The molecule has 1 aliphatic carbocycles. The van der Waals surface area contributed by atoms with Crippen LogP contribution in [0.15, 0.2) is 6.20 Å². The number of morpholine rings is 1. The van der Waals surface area contributed by atoms with E-state index in [1.54, 1.807) is 0 Å². The van der Waals surface area contributed by atoms with Crippen LogP contribution in [0.5, 0.6) is 0 Å².